The average molecular weight is 646 g/mol. The third-order valence-corrected chi connectivity index (χ3v) is 10.8. The number of hydrogen-bond acceptors (Lipinski definition) is 6. The minimum absolute atomic E-state index is 0.104. The molecule has 0 unspecified atom stereocenters. The first-order valence-corrected chi connectivity index (χ1v) is 17.3. The standard InChI is InChI=1S/C36H44ClN5O4/c37-26-12-14-28(15-13-26)38-33(43)30-29-16-17-36(46-29)31(30)35(45)42(32(36)34(44)39-27-10-5-2-6-11-27)19-7-18-40-20-22-41(23-21-40)24-25-8-3-1-4-9-25/h1,3-4,8-9,12-17,27,29-32H,2,5-7,10-11,18-24H2,(H,38,43)(H,39,44)/t29-,30-,31-,32+,36-/m0/s1. The molecule has 5 aliphatic rings. The van der Waals surface area contributed by atoms with E-state index in [1.165, 1.54) is 12.0 Å². The number of nitrogens with one attached hydrogen (secondary N) is 2. The van der Waals surface area contributed by atoms with E-state index < -0.39 is 29.6 Å². The van der Waals surface area contributed by atoms with Crippen LogP contribution in [0.25, 0.3) is 0 Å². The number of fused-ring (bicyclic) bond motifs is 1. The fraction of sp³-hybridized carbons (Fsp3) is 0.528. The molecule has 7 rings (SSSR count). The van der Waals surface area contributed by atoms with Crippen molar-refractivity contribution in [3.8, 4) is 0 Å². The van der Waals surface area contributed by atoms with Crippen LogP contribution in [0, 0.1) is 11.8 Å². The quantitative estimate of drug-likeness (QED) is 0.378. The first kappa shape index (κ1) is 31.4. The molecule has 1 aliphatic carbocycles. The predicted octanol–water partition coefficient (Wildman–Crippen LogP) is 4.09. The van der Waals surface area contributed by atoms with Gasteiger partial charge in [0, 0.05) is 56.0 Å². The summed E-state index contributed by atoms with van der Waals surface area (Å²) >= 11 is 6.04. The molecule has 2 aromatic carbocycles. The zero-order chi connectivity index (χ0) is 31.7. The van der Waals surface area contributed by atoms with Gasteiger partial charge in [0.15, 0.2) is 0 Å². The topological polar surface area (TPSA) is 94.2 Å². The Morgan fingerprint density at radius 2 is 1.61 bits per heavy atom. The number of hydrogen-bond donors (Lipinski definition) is 2. The molecule has 5 atom stereocenters. The lowest BCUT2D eigenvalue weighted by molar-refractivity contribution is -0.141. The molecular formula is C36H44ClN5O4. The number of rotatable bonds is 10. The fourth-order valence-electron chi connectivity index (χ4n) is 8.27. The van der Waals surface area contributed by atoms with Gasteiger partial charge in [0.25, 0.3) is 0 Å². The summed E-state index contributed by atoms with van der Waals surface area (Å²) in [7, 11) is 0. The maximum atomic E-state index is 14.3. The number of halogens is 1. The van der Waals surface area contributed by atoms with E-state index in [0.717, 1.165) is 71.4 Å². The summed E-state index contributed by atoms with van der Waals surface area (Å²) in [5.41, 5.74) is 0.787. The van der Waals surface area contributed by atoms with Crippen LogP contribution in [-0.4, -0.2) is 95.5 Å². The van der Waals surface area contributed by atoms with Gasteiger partial charge in [0.1, 0.15) is 11.6 Å². The van der Waals surface area contributed by atoms with Crippen LogP contribution in [-0.2, 0) is 25.7 Å². The van der Waals surface area contributed by atoms with E-state index in [0.29, 0.717) is 17.3 Å². The SMILES string of the molecule is O=C(Nc1ccc(Cl)cc1)[C@H]1[C@@H]2C=C[C@]3(O2)[C@@H]1C(=O)N(CCCN1CCN(Cc2ccccc2)CC1)[C@@H]3C(=O)NC1CCCCC1. The van der Waals surface area contributed by atoms with E-state index in [1.54, 1.807) is 29.2 Å². The smallest absolute Gasteiger partial charge is 0.246 e. The van der Waals surface area contributed by atoms with Gasteiger partial charge in [-0.3, -0.25) is 19.3 Å². The summed E-state index contributed by atoms with van der Waals surface area (Å²) in [5, 5.41) is 6.82. The molecule has 4 fully saturated rings. The van der Waals surface area contributed by atoms with Crippen molar-refractivity contribution >= 4 is 35.0 Å². The van der Waals surface area contributed by atoms with Crippen molar-refractivity contribution in [2.75, 3.05) is 44.6 Å². The number of benzene rings is 2. The Hall–Kier alpha value is -3.24. The summed E-state index contributed by atoms with van der Waals surface area (Å²) < 4.78 is 6.52. The summed E-state index contributed by atoms with van der Waals surface area (Å²) in [5.74, 6) is -2.08. The number of nitrogens with zero attached hydrogens (tertiary/aromatic N) is 3. The Morgan fingerprint density at radius 1 is 0.891 bits per heavy atom. The Balaban J connectivity index is 1.04. The second-order valence-electron chi connectivity index (χ2n) is 13.5. The van der Waals surface area contributed by atoms with E-state index in [4.69, 9.17) is 16.3 Å². The fourth-order valence-corrected chi connectivity index (χ4v) is 8.40. The van der Waals surface area contributed by atoms with Gasteiger partial charge >= 0.3 is 0 Å². The Labute approximate surface area is 276 Å². The maximum absolute atomic E-state index is 14.3. The minimum atomic E-state index is -1.15. The van der Waals surface area contributed by atoms with Crippen LogP contribution in [0.2, 0.25) is 5.02 Å². The number of carbonyl (C=O) groups excluding carboxylic acids is 3. The van der Waals surface area contributed by atoms with Crippen LogP contribution in [0.3, 0.4) is 0 Å². The summed E-state index contributed by atoms with van der Waals surface area (Å²) in [4.78, 5) is 48.8. The molecule has 3 saturated heterocycles. The molecule has 9 nitrogen and oxygen atoms in total. The first-order valence-electron chi connectivity index (χ1n) is 16.9. The number of carbonyl (C=O) groups is 3. The zero-order valence-corrected chi connectivity index (χ0v) is 27.0. The van der Waals surface area contributed by atoms with Crippen LogP contribution in [0.4, 0.5) is 5.69 Å². The monoisotopic (exact) mass is 645 g/mol. The van der Waals surface area contributed by atoms with Crippen LogP contribution < -0.4 is 10.6 Å². The highest BCUT2D eigenvalue weighted by molar-refractivity contribution is 6.30. The molecule has 3 amide bonds. The molecular weight excluding hydrogens is 602 g/mol. The van der Waals surface area contributed by atoms with Crippen molar-refractivity contribution in [3.63, 3.8) is 0 Å². The second-order valence-corrected chi connectivity index (χ2v) is 14.0. The molecule has 4 aliphatic heterocycles. The van der Waals surface area contributed by atoms with Gasteiger partial charge in [-0.2, -0.15) is 0 Å². The van der Waals surface area contributed by atoms with Gasteiger partial charge < -0.3 is 25.2 Å². The van der Waals surface area contributed by atoms with E-state index in [9.17, 15) is 14.4 Å². The third kappa shape index (κ3) is 6.22. The molecule has 1 spiro atoms. The Bertz CT molecular complexity index is 1440. The summed E-state index contributed by atoms with van der Waals surface area (Å²) in [6.45, 7) is 6.19. The van der Waals surface area contributed by atoms with Crippen molar-refractivity contribution in [2.24, 2.45) is 11.8 Å². The predicted molar refractivity (Wildman–Crippen MR) is 177 cm³/mol. The number of piperazine rings is 1. The molecule has 2 N–H and O–H groups in total. The minimum Gasteiger partial charge on any atom is -0.359 e. The Morgan fingerprint density at radius 3 is 2.35 bits per heavy atom. The lowest BCUT2D eigenvalue weighted by Crippen LogP contribution is -2.56. The second kappa shape index (κ2) is 13.5. The van der Waals surface area contributed by atoms with Crippen LogP contribution in [0.15, 0.2) is 66.7 Å². The largest absolute Gasteiger partial charge is 0.359 e. The highest BCUT2D eigenvalue weighted by Crippen LogP contribution is 2.55. The van der Waals surface area contributed by atoms with E-state index in [1.807, 2.05) is 18.2 Å². The van der Waals surface area contributed by atoms with E-state index in [-0.39, 0.29) is 23.8 Å². The Kier molecular flexibility index (Phi) is 9.19. The highest BCUT2D eigenvalue weighted by Gasteiger charge is 2.72. The molecule has 2 bridgehead atoms. The summed E-state index contributed by atoms with van der Waals surface area (Å²) in [6, 6.07) is 16.8. The maximum Gasteiger partial charge on any atom is 0.246 e. The summed E-state index contributed by atoms with van der Waals surface area (Å²) in [6.07, 6.45) is 9.22. The van der Waals surface area contributed by atoms with E-state index >= 15 is 0 Å². The highest BCUT2D eigenvalue weighted by atomic mass is 35.5. The van der Waals surface area contributed by atoms with Crippen molar-refractivity contribution in [3.05, 3.63) is 77.3 Å². The van der Waals surface area contributed by atoms with Crippen LogP contribution >= 0.6 is 11.6 Å². The van der Waals surface area contributed by atoms with Gasteiger partial charge in [-0.05, 0) is 55.6 Å². The molecule has 1 saturated carbocycles. The van der Waals surface area contributed by atoms with Crippen LogP contribution in [0.5, 0.6) is 0 Å². The number of anilines is 1. The van der Waals surface area contributed by atoms with Gasteiger partial charge in [-0.1, -0.05) is 73.3 Å². The van der Waals surface area contributed by atoms with Gasteiger partial charge in [-0.25, -0.2) is 0 Å². The molecule has 0 radical (unpaired) electrons. The van der Waals surface area contributed by atoms with Crippen molar-refractivity contribution in [1.82, 2.24) is 20.0 Å². The third-order valence-electron chi connectivity index (χ3n) is 10.6. The number of likely N-dealkylation sites (tertiary alicyclic amines) is 1. The zero-order valence-electron chi connectivity index (χ0n) is 26.3. The lowest BCUT2D eigenvalue weighted by atomic mass is 9.74. The van der Waals surface area contributed by atoms with Crippen LogP contribution in [0.1, 0.15) is 44.1 Å². The first-order chi connectivity index (χ1) is 22.4. The number of amides is 3. The van der Waals surface area contributed by atoms with E-state index in [2.05, 4.69) is 44.7 Å². The molecule has 46 heavy (non-hydrogen) atoms. The molecule has 0 aromatic heterocycles. The number of ether oxygens (including phenoxy) is 1. The molecule has 2 aromatic rings. The van der Waals surface area contributed by atoms with Crippen molar-refractivity contribution in [2.45, 2.75) is 68.9 Å². The average Bonchev–Trinajstić information content (AvgIpc) is 3.71. The van der Waals surface area contributed by atoms with Crippen molar-refractivity contribution < 1.29 is 19.1 Å². The van der Waals surface area contributed by atoms with Gasteiger partial charge in [0.05, 0.1) is 17.9 Å². The van der Waals surface area contributed by atoms with Gasteiger partial charge in [-0.15, -0.1) is 0 Å². The molecule has 4 heterocycles. The molecule has 10 heteroatoms. The van der Waals surface area contributed by atoms with Crippen molar-refractivity contribution in [1.29, 1.82) is 0 Å². The molecule has 244 valence electrons. The lowest BCUT2D eigenvalue weighted by Gasteiger charge is -2.36. The van der Waals surface area contributed by atoms with Gasteiger partial charge in [0.2, 0.25) is 17.7 Å². The normalized spacial score (nSPS) is 29.7.